The first-order chi connectivity index (χ1) is 8.40. The van der Waals surface area contributed by atoms with Crippen molar-refractivity contribution in [2.24, 2.45) is 0 Å². The van der Waals surface area contributed by atoms with Crippen LogP contribution in [-0.4, -0.2) is 29.4 Å². The fraction of sp³-hybridized carbons (Fsp3) is 0.500. The van der Waals surface area contributed by atoms with Crippen LogP contribution in [-0.2, 0) is 4.79 Å². The second-order valence-electron chi connectivity index (χ2n) is 4.72. The van der Waals surface area contributed by atoms with Gasteiger partial charge >= 0.3 is 5.97 Å². The molecule has 1 rings (SSSR count). The standard InChI is InChI=1S/C14H21NO2S/c1-10(2)18-13-7-5-12(6-8-13)15(4)11(3)9-14(16)17/h5-8,10-11H,9H2,1-4H3,(H,16,17). The first kappa shape index (κ1) is 14.9. The molecule has 100 valence electrons. The molecule has 0 aliphatic carbocycles. The molecule has 0 amide bonds. The topological polar surface area (TPSA) is 40.5 Å². The molecular formula is C14H21NO2S. The SMILES string of the molecule is CC(C)Sc1ccc(N(C)C(C)CC(=O)O)cc1. The Hall–Kier alpha value is -1.16. The van der Waals surface area contributed by atoms with Gasteiger partial charge in [0.1, 0.15) is 0 Å². The van der Waals surface area contributed by atoms with Crippen LogP contribution in [0.4, 0.5) is 5.69 Å². The molecule has 0 aromatic heterocycles. The zero-order valence-electron chi connectivity index (χ0n) is 11.4. The Morgan fingerprint density at radius 3 is 2.28 bits per heavy atom. The molecule has 0 aliphatic heterocycles. The fourth-order valence-electron chi connectivity index (χ4n) is 1.68. The third-order valence-electron chi connectivity index (χ3n) is 2.75. The quantitative estimate of drug-likeness (QED) is 0.801. The Bertz CT molecular complexity index is 389. The number of carboxylic acids is 1. The number of carbonyl (C=O) groups is 1. The number of rotatable bonds is 6. The fourth-order valence-corrected chi connectivity index (χ4v) is 2.51. The minimum Gasteiger partial charge on any atom is -0.481 e. The third kappa shape index (κ3) is 4.61. The minimum atomic E-state index is -0.763. The van der Waals surface area contributed by atoms with Gasteiger partial charge in [0.05, 0.1) is 6.42 Å². The molecule has 4 heteroatoms. The molecule has 1 atom stereocenters. The Morgan fingerprint density at radius 2 is 1.83 bits per heavy atom. The van der Waals surface area contributed by atoms with E-state index in [0.29, 0.717) is 5.25 Å². The molecule has 18 heavy (non-hydrogen) atoms. The second-order valence-corrected chi connectivity index (χ2v) is 6.37. The molecule has 0 heterocycles. The number of hydrogen-bond acceptors (Lipinski definition) is 3. The summed E-state index contributed by atoms with van der Waals surface area (Å²) in [4.78, 5) is 13.9. The van der Waals surface area contributed by atoms with E-state index in [4.69, 9.17) is 5.11 Å². The molecule has 0 aliphatic rings. The molecule has 1 aromatic carbocycles. The largest absolute Gasteiger partial charge is 0.481 e. The highest BCUT2D eigenvalue weighted by Crippen LogP contribution is 2.26. The Kier molecular flexibility index (Phi) is 5.54. The van der Waals surface area contributed by atoms with Crippen molar-refractivity contribution >= 4 is 23.4 Å². The summed E-state index contributed by atoms with van der Waals surface area (Å²) >= 11 is 1.83. The van der Waals surface area contributed by atoms with Crippen LogP contribution >= 0.6 is 11.8 Å². The molecule has 0 spiro atoms. The maximum Gasteiger partial charge on any atom is 0.305 e. The second kappa shape index (κ2) is 6.69. The summed E-state index contributed by atoms with van der Waals surface area (Å²) in [6.07, 6.45) is 0.152. The van der Waals surface area contributed by atoms with Gasteiger partial charge in [-0.15, -0.1) is 11.8 Å². The Labute approximate surface area is 113 Å². The van der Waals surface area contributed by atoms with E-state index in [9.17, 15) is 4.79 Å². The van der Waals surface area contributed by atoms with Crippen LogP contribution in [0, 0.1) is 0 Å². The molecule has 1 unspecified atom stereocenters. The molecular weight excluding hydrogens is 246 g/mol. The van der Waals surface area contributed by atoms with E-state index in [2.05, 4.69) is 26.0 Å². The summed E-state index contributed by atoms with van der Waals surface area (Å²) in [5.74, 6) is -0.763. The van der Waals surface area contributed by atoms with E-state index in [1.165, 1.54) is 4.90 Å². The Balaban J connectivity index is 2.69. The van der Waals surface area contributed by atoms with Crippen LogP contribution in [0.3, 0.4) is 0 Å². The van der Waals surface area contributed by atoms with Gasteiger partial charge in [-0.25, -0.2) is 0 Å². The number of benzene rings is 1. The van der Waals surface area contributed by atoms with E-state index in [-0.39, 0.29) is 12.5 Å². The molecule has 0 saturated heterocycles. The smallest absolute Gasteiger partial charge is 0.305 e. The first-order valence-corrected chi connectivity index (χ1v) is 6.99. The molecule has 3 nitrogen and oxygen atoms in total. The van der Waals surface area contributed by atoms with E-state index < -0.39 is 5.97 Å². The van der Waals surface area contributed by atoms with Crippen molar-refractivity contribution < 1.29 is 9.90 Å². The van der Waals surface area contributed by atoms with E-state index >= 15 is 0 Å². The highest BCUT2D eigenvalue weighted by molar-refractivity contribution is 7.99. The van der Waals surface area contributed by atoms with Gasteiger partial charge in [0.15, 0.2) is 0 Å². The third-order valence-corrected chi connectivity index (χ3v) is 3.76. The molecule has 0 bridgehead atoms. The van der Waals surface area contributed by atoms with Crippen molar-refractivity contribution in [1.29, 1.82) is 0 Å². The first-order valence-electron chi connectivity index (χ1n) is 6.11. The lowest BCUT2D eigenvalue weighted by atomic mass is 10.2. The van der Waals surface area contributed by atoms with E-state index in [0.717, 1.165) is 5.69 Å². The highest BCUT2D eigenvalue weighted by Gasteiger charge is 2.13. The van der Waals surface area contributed by atoms with Crippen LogP contribution in [0.2, 0.25) is 0 Å². The predicted molar refractivity (Wildman–Crippen MR) is 77.6 cm³/mol. The van der Waals surface area contributed by atoms with Crippen molar-refractivity contribution in [3.63, 3.8) is 0 Å². The maximum absolute atomic E-state index is 10.7. The lowest BCUT2D eigenvalue weighted by Gasteiger charge is -2.26. The molecule has 0 radical (unpaired) electrons. The van der Waals surface area contributed by atoms with Crippen LogP contribution in [0.15, 0.2) is 29.2 Å². The van der Waals surface area contributed by atoms with Crippen molar-refractivity contribution in [2.75, 3.05) is 11.9 Å². The highest BCUT2D eigenvalue weighted by atomic mass is 32.2. The van der Waals surface area contributed by atoms with E-state index in [1.807, 2.05) is 42.8 Å². The lowest BCUT2D eigenvalue weighted by molar-refractivity contribution is -0.137. The average Bonchev–Trinajstić information content (AvgIpc) is 2.27. The van der Waals surface area contributed by atoms with Crippen molar-refractivity contribution in [3.8, 4) is 0 Å². The summed E-state index contributed by atoms with van der Waals surface area (Å²) in [7, 11) is 1.93. The van der Waals surface area contributed by atoms with Gasteiger partial charge in [-0.05, 0) is 31.2 Å². The van der Waals surface area contributed by atoms with Gasteiger partial charge in [0.25, 0.3) is 0 Å². The van der Waals surface area contributed by atoms with Gasteiger partial charge in [-0.1, -0.05) is 13.8 Å². The number of aliphatic carboxylic acids is 1. The normalized spacial score (nSPS) is 12.5. The summed E-state index contributed by atoms with van der Waals surface area (Å²) in [5.41, 5.74) is 1.05. The zero-order chi connectivity index (χ0) is 13.7. The average molecular weight is 267 g/mol. The van der Waals surface area contributed by atoms with Gasteiger partial charge in [0.2, 0.25) is 0 Å². The van der Waals surface area contributed by atoms with Gasteiger partial charge in [-0.3, -0.25) is 4.79 Å². The number of nitrogens with zero attached hydrogens (tertiary/aromatic N) is 1. The van der Waals surface area contributed by atoms with Crippen molar-refractivity contribution in [2.45, 2.75) is 43.4 Å². The van der Waals surface area contributed by atoms with Crippen LogP contribution < -0.4 is 4.90 Å². The van der Waals surface area contributed by atoms with E-state index in [1.54, 1.807) is 0 Å². The number of anilines is 1. The molecule has 0 saturated carbocycles. The lowest BCUT2D eigenvalue weighted by Crippen LogP contribution is -2.30. The molecule has 0 fully saturated rings. The Morgan fingerprint density at radius 1 is 1.28 bits per heavy atom. The summed E-state index contributed by atoms with van der Waals surface area (Å²) < 4.78 is 0. The van der Waals surface area contributed by atoms with Crippen molar-refractivity contribution in [1.82, 2.24) is 0 Å². The van der Waals surface area contributed by atoms with Gasteiger partial charge < -0.3 is 10.0 Å². The number of hydrogen-bond donors (Lipinski definition) is 1. The monoisotopic (exact) mass is 267 g/mol. The zero-order valence-corrected chi connectivity index (χ0v) is 12.2. The van der Waals surface area contributed by atoms with Crippen molar-refractivity contribution in [3.05, 3.63) is 24.3 Å². The van der Waals surface area contributed by atoms with Gasteiger partial charge in [0, 0.05) is 28.9 Å². The van der Waals surface area contributed by atoms with Gasteiger partial charge in [-0.2, -0.15) is 0 Å². The molecule has 1 N–H and O–H groups in total. The maximum atomic E-state index is 10.7. The van der Waals surface area contributed by atoms with Crippen LogP contribution in [0.25, 0.3) is 0 Å². The van der Waals surface area contributed by atoms with Crippen LogP contribution in [0.5, 0.6) is 0 Å². The summed E-state index contributed by atoms with van der Waals surface area (Å²) in [6.45, 7) is 6.25. The minimum absolute atomic E-state index is 0.00824. The summed E-state index contributed by atoms with van der Waals surface area (Å²) in [5, 5.41) is 9.36. The summed E-state index contributed by atoms with van der Waals surface area (Å²) in [6, 6.07) is 8.26. The predicted octanol–water partition coefficient (Wildman–Crippen LogP) is 3.49. The number of carboxylic acid groups (broad SMARTS) is 1. The molecule has 1 aromatic rings. The number of thioether (sulfide) groups is 1. The van der Waals surface area contributed by atoms with Crippen LogP contribution in [0.1, 0.15) is 27.2 Å².